The van der Waals surface area contributed by atoms with Gasteiger partial charge in [0, 0.05) is 24.3 Å². The van der Waals surface area contributed by atoms with E-state index in [0.29, 0.717) is 6.42 Å². The maximum atomic E-state index is 12.6. The summed E-state index contributed by atoms with van der Waals surface area (Å²) in [5.41, 5.74) is 4.47. The molecule has 8 heteroatoms. The van der Waals surface area contributed by atoms with E-state index in [-0.39, 0.29) is 10.6 Å². The average Bonchev–Trinajstić information content (AvgIpc) is 2.37. The van der Waals surface area contributed by atoms with Gasteiger partial charge in [-0.2, -0.15) is 4.31 Å². The van der Waals surface area contributed by atoms with Crippen LogP contribution in [0.25, 0.3) is 0 Å². The second kappa shape index (κ2) is 5.37. The topological polar surface area (TPSA) is 107 Å². The molecule has 0 aromatic heterocycles. The van der Waals surface area contributed by atoms with Gasteiger partial charge < -0.3 is 5.73 Å². The van der Waals surface area contributed by atoms with E-state index < -0.39 is 26.2 Å². The smallest absolute Gasteiger partial charge is 0.291 e. The molecule has 7 nitrogen and oxygen atoms in total. The number of nitrogens with two attached hydrogens (primary N) is 1. The Labute approximate surface area is 118 Å². The lowest BCUT2D eigenvalue weighted by molar-refractivity contribution is -0.387. The minimum absolute atomic E-state index is 0.146. The molecule has 0 saturated carbocycles. The average molecular weight is 301 g/mol. The highest BCUT2D eigenvalue weighted by atomic mass is 32.2. The molecule has 20 heavy (non-hydrogen) atoms. The Morgan fingerprint density at radius 1 is 1.40 bits per heavy atom. The summed E-state index contributed by atoms with van der Waals surface area (Å²) in [5, 5.41) is 11.0. The van der Waals surface area contributed by atoms with Crippen molar-refractivity contribution in [1.29, 1.82) is 0 Å². The van der Waals surface area contributed by atoms with Gasteiger partial charge in [-0.05, 0) is 32.4 Å². The van der Waals surface area contributed by atoms with E-state index in [0.717, 1.165) is 10.4 Å². The van der Waals surface area contributed by atoms with Crippen LogP contribution in [0.15, 0.2) is 23.1 Å². The number of nitro groups is 1. The van der Waals surface area contributed by atoms with Crippen molar-refractivity contribution >= 4 is 21.4 Å². The van der Waals surface area contributed by atoms with Gasteiger partial charge in [0.1, 0.15) is 0 Å². The number of benzene rings is 1. The summed E-state index contributed by atoms with van der Waals surface area (Å²) in [6, 6.07) is 3.57. The van der Waals surface area contributed by atoms with Gasteiger partial charge in [-0.25, -0.2) is 8.42 Å². The third-order valence-corrected chi connectivity index (χ3v) is 5.65. The lowest BCUT2D eigenvalue weighted by Gasteiger charge is -2.33. The highest BCUT2D eigenvalue weighted by Crippen LogP contribution is 2.31. The van der Waals surface area contributed by atoms with Gasteiger partial charge >= 0.3 is 0 Å². The Kier molecular flexibility index (Phi) is 4.40. The number of nitrogens with zero attached hydrogens (tertiary/aromatic N) is 2. The van der Waals surface area contributed by atoms with Crippen LogP contribution in [-0.2, 0) is 10.0 Å². The van der Waals surface area contributed by atoms with E-state index in [4.69, 9.17) is 5.73 Å². The van der Waals surface area contributed by atoms with Crippen LogP contribution < -0.4 is 5.73 Å². The first-order valence-corrected chi connectivity index (χ1v) is 7.51. The first-order valence-electron chi connectivity index (χ1n) is 6.07. The molecule has 0 spiro atoms. The predicted octanol–water partition coefficient (Wildman–Crippen LogP) is 1.99. The summed E-state index contributed by atoms with van der Waals surface area (Å²) in [6.07, 6.45) is 0.575. The Balaban J connectivity index is 3.48. The third-order valence-electron chi connectivity index (χ3n) is 3.54. The van der Waals surface area contributed by atoms with Gasteiger partial charge in [-0.1, -0.05) is 6.92 Å². The molecule has 0 saturated heterocycles. The van der Waals surface area contributed by atoms with Gasteiger partial charge in [0.2, 0.25) is 10.0 Å². The number of anilines is 1. The quantitative estimate of drug-likeness (QED) is 0.508. The molecule has 1 aromatic rings. The van der Waals surface area contributed by atoms with Gasteiger partial charge in [0.15, 0.2) is 4.90 Å². The molecule has 0 radical (unpaired) electrons. The molecule has 2 N–H and O–H groups in total. The fraction of sp³-hybridized carbons (Fsp3) is 0.500. The molecule has 0 atom stereocenters. The largest absolute Gasteiger partial charge is 0.399 e. The minimum Gasteiger partial charge on any atom is -0.399 e. The predicted molar refractivity (Wildman–Crippen MR) is 76.8 cm³/mol. The second-order valence-electron chi connectivity index (χ2n) is 5.12. The number of hydrogen-bond acceptors (Lipinski definition) is 5. The van der Waals surface area contributed by atoms with E-state index in [2.05, 4.69) is 0 Å². The van der Waals surface area contributed by atoms with Crippen LogP contribution in [0.3, 0.4) is 0 Å². The summed E-state index contributed by atoms with van der Waals surface area (Å²) in [7, 11) is -2.55. The molecule has 0 aliphatic heterocycles. The van der Waals surface area contributed by atoms with E-state index in [9.17, 15) is 18.5 Å². The van der Waals surface area contributed by atoms with Crippen LogP contribution in [0.5, 0.6) is 0 Å². The van der Waals surface area contributed by atoms with Gasteiger partial charge in [0.25, 0.3) is 5.69 Å². The SMILES string of the molecule is CCC(C)(C)N(C)S(=O)(=O)c1ccc(N)cc1[N+](=O)[O-]. The summed E-state index contributed by atoms with van der Waals surface area (Å²) in [5.74, 6) is 0. The first kappa shape index (κ1) is 16.4. The summed E-state index contributed by atoms with van der Waals surface area (Å²) < 4.78 is 26.3. The van der Waals surface area contributed by atoms with E-state index in [1.807, 2.05) is 6.92 Å². The van der Waals surface area contributed by atoms with Crippen molar-refractivity contribution in [2.45, 2.75) is 37.6 Å². The van der Waals surface area contributed by atoms with Crippen LogP contribution in [0, 0.1) is 10.1 Å². The fourth-order valence-corrected chi connectivity index (χ4v) is 3.30. The van der Waals surface area contributed by atoms with Crippen molar-refractivity contribution in [2.24, 2.45) is 0 Å². The Morgan fingerprint density at radius 3 is 2.40 bits per heavy atom. The monoisotopic (exact) mass is 301 g/mol. The van der Waals surface area contributed by atoms with Crippen LogP contribution in [0.2, 0.25) is 0 Å². The van der Waals surface area contributed by atoms with Crippen molar-refractivity contribution in [3.8, 4) is 0 Å². The van der Waals surface area contributed by atoms with Gasteiger partial charge in [-0.15, -0.1) is 0 Å². The molecule has 112 valence electrons. The van der Waals surface area contributed by atoms with Crippen molar-refractivity contribution in [1.82, 2.24) is 4.31 Å². The minimum atomic E-state index is -3.97. The standard InChI is InChI=1S/C12H19N3O4S/c1-5-12(2,3)14(4)20(18,19)11-7-6-9(13)8-10(11)15(16)17/h6-8H,5,13H2,1-4H3. The highest BCUT2D eigenvalue weighted by molar-refractivity contribution is 7.89. The first-order chi connectivity index (χ1) is 9.04. The molecule has 0 unspecified atom stereocenters. The van der Waals surface area contributed by atoms with Crippen molar-refractivity contribution < 1.29 is 13.3 Å². The van der Waals surface area contributed by atoms with Crippen LogP contribution >= 0.6 is 0 Å². The van der Waals surface area contributed by atoms with Gasteiger partial charge in [-0.3, -0.25) is 10.1 Å². The van der Waals surface area contributed by atoms with E-state index >= 15 is 0 Å². The maximum Gasteiger partial charge on any atom is 0.291 e. The number of nitro benzene ring substituents is 1. The molecule has 0 heterocycles. The molecule has 1 rings (SSSR count). The number of sulfonamides is 1. The van der Waals surface area contributed by atoms with Crippen molar-refractivity contribution in [3.63, 3.8) is 0 Å². The Hall–Kier alpha value is -1.67. The van der Waals surface area contributed by atoms with Crippen molar-refractivity contribution in [2.75, 3.05) is 12.8 Å². The number of nitrogen functional groups attached to an aromatic ring is 1. The lowest BCUT2D eigenvalue weighted by Crippen LogP contribution is -2.44. The Morgan fingerprint density at radius 2 is 1.95 bits per heavy atom. The number of hydrogen-bond donors (Lipinski definition) is 1. The van der Waals surface area contributed by atoms with E-state index in [1.54, 1.807) is 13.8 Å². The zero-order valence-electron chi connectivity index (χ0n) is 12.0. The van der Waals surface area contributed by atoms with Crippen LogP contribution in [0.1, 0.15) is 27.2 Å². The molecule has 0 fully saturated rings. The molecular formula is C12H19N3O4S. The third kappa shape index (κ3) is 2.91. The molecule has 0 amide bonds. The van der Waals surface area contributed by atoms with E-state index in [1.165, 1.54) is 19.2 Å². The van der Waals surface area contributed by atoms with Crippen molar-refractivity contribution in [3.05, 3.63) is 28.3 Å². The normalized spacial score (nSPS) is 12.7. The molecule has 0 aliphatic carbocycles. The van der Waals surface area contributed by atoms with Gasteiger partial charge in [0.05, 0.1) is 4.92 Å². The molecule has 1 aromatic carbocycles. The van der Waals surface area contributed by atoms with Crippen LogP contribution in [-0.4, -0.2) is 30.2 Å². The summed E-state index contributed by atoms with van der Waals surface area (Å²) >= 11 is 0. The Bertz CT molecular complexity index is 626. The van der Waals surface area contributed by atoms with Crippen LogP contribution in [0.4, 0.5) is 11.4 Å². The maximum absolute atomic E-state index is 12.6. The fourth-order valence-electron chi connectivity index (χ4n) is 1.59. The summed E-state index contributed by atoms with van der Waals surface area (Å²) in [4.78, 5) is 9.94. The molecule has 0 aliphatic rings. The second-order valence-corrected chi connectivity index (χ2v) is 7.06. The lowest BCUT2D eigenvalue weighted by atomic mass is 10.0. The zero-order chi connectivity index (χ0) is 15.7. The summed E-state index contributed by atoms with van der Waals surface area (Å²) in [6.45, 7) is 5.37. The number of rotatable bonds is 5. The zero-order valence-corrected chi connectivity index (χ0v) is 12.8. The molecule has 0 bridgehead atoms. The highest BCUT2D eigenvalue weighted by Gasteiger charge is 2.36. The molecular weight excluding hydrogens is 282 g/mol.